The minimum atomic E-state index is -1.07. The number of fused-ring (bicyclic) bond motifs is 3. The van der Waals surface area contributed by atoms with Crippen molar-refractivity contribution in [3.8, 4) is 0 Å². The van der Waals surface area contributed by atoms with E-state index >= 15 is 0 Å². The summed E-state index contributed by atoms with van der Waals surface area (Å²) in [6.45, 7) is 10.4. The molecule has 0 radical (unpaired) electrons. The van der Waals surface area contributed by atoms with Crippen LogP contribution in [0.4, 0.5) is 0 Å². The van der Waals surface area contributed by atoms with E-state index in [4.69, 9.17) is 9.47 Å². The molecule has 3 rings (SSSR count). The summed E-state index contributed by atoms with van der Waals surface area (Å²) in [5.74, 6) is -2.30. The topological polar surface area (TPSA) is 86.7 Å². The van der Waals surface area contributed by atoms with Crippen LogP contribution in [0.25, 0.3) is 0 Å². The number of carbonyl (C=O) groups is 4. The van der Waals surface area contributed by atoms with Gasteiger partial charge in [0, 0.05) is 29.7 Å². The molecule has 150 valence electrons. The number of allylic oxidation sites excluding steroid dienone is 1. The van der Waals surface area contributed by atoms with Crippen molar-refractivity contribution in [2.45, 2.75) is 59.2 Å². The lowest BCUT2D eigenvalue weighted by Crippen LogP contribution is -2.35. The number of hydrogen-bond donors (Lipinski definition) is 0. The molecule has 2 bridgehead atoms. The molecule has 6 heteroatoms. The van der Waals surface area contributed by atoms with E-state index < -0.39 is 35.3 Å². The minimum absolute atomic E-state index is 0.168. The lowest BCUT2D eigenvalue weighted by atomic mass is 9.85. The Balaban J connectivity index is 2.02. The van der Waals surface area contributed by atoms with Crippen molar-refractivity contribution < 1.29 is 28.7 Å². The number of carbonyl (C=O) groups excluding carboxylic acids is 4. The molecule has 0 aromatic rings. The maximum Gasteiger partial charge on any atom is 0.334 e. The molecule has 1 fully saturated rings. The third-order valence-corrected chi connectivity index (χ3v) is 6.14. The van der Waals surface area contributed by atoms with E-state index in [9.17, 15) is 19.2 Å². The highest BCUT2D eigenvalue weighted by atomic mass is 16.6. The van der Waals surface area contributed by atoms with E-state index in [1.165, 1.54) is 13.0 Å². The number of rotatable bonds is 2. The van der Waals surface area contributed by atoms with Crippen LogP contribution < -0.4 is 0 Å². The summed E-state index contributed by atoms with van der Waals surface area (Å²) in [5, 5.41) is 0. The zero-order chi connectivity index (χ0) is 20.8. The average Bonchev–Trinajstić information content (AvgIpc) is 3.16. The van der Waals surface area contributed by atoms with Crippen molar-refractivity contribution in [3.63, 3.8) is 0 Å². The van der Waals surface area contributed by atoms with Crippen LogP contribution in [0, 0.1) is 17.3 Å². The van der Waals surface area contributed by atoms with E-state index in [2.05, 4.69) is 6.58 Å². The molecule has 6 nitrogen and oxygen atoms in total. The van der Waals surface area contributed by atoms with Gasteiger partial charge in [-0.1, -0.05) is 19.1 Å². The molecule has 0 unspecified atom stereocenters. The first-order valence-electron chi connectivity index (χ1n) is 9.55. The third-order valence-electron chi connectivity index (χ3n) is 6.14. The summed E-state index contributed by atoms with van der Waals surface area (Å²) in [5.41, 5.74) is 1.03. The zero-order valence-corrected chi connectivity index (χ0v) is 16.7. The highest BCUT2D eigenvalue weighted by Gasteiger charge is 2.60. The van der Waals surface area contributed by atoms with Gasteiger partial charge in [0.05, 0.1) is 0 Å². The third kappa shape index (κ3) is 3.60. The molecule has 1 saturated carbocycles. The second-order valence-corrected chi connectivity index (χ2v) is 8.40. The number of Topliss-reactive ketones (excluding diaryl/α,β-unsaturated/α-hetero) is 1. The van der Waals surface area contributed by atoms with Gasteiger partial charge in [0.15, 0.2) is 17.7 Å². The minimum Gasteiger partial charge on any atom is -0.454 e. The van der Waals surface area contributed by atoms with Gasteiger partial charge in [0.2, 0.25) is 0 Å². The maximum absolute atomic E-state index is 13.0. The monoisotopic (exact) mass is 386 g/mol. The predicted octanol–water partition coefficient (Wildman–Crippen LogP) is 2.87. The molecular weight excluding hydrogens is 360 g/mol. The van der Waals surface area contributed by atoms with Crippen LogP contribution in [0.2, 0.25) is 0 Å². The van der Waals surface area contributed by atoms with E-state index in [1.54, 1.807) is 13.8 Å². The molecule has 0 saturated heterocycles. The van der Waals surface area contributed by atoms with E-state index in [-0.39, 0.29) is 23.2 Å². The molecule has 1 heterocycles. The smallest absolute Gasteiger partial charge is 0.334 e. The van der Waals surface area contributed by atoms with Crippen molar-refractivity contribution in [2.24, 2.45) is 17.3 Å². The highest BCUT2D eigenvalue weighted by Crippen LogP contribution is 2.58. The van der Waals surface area contributed by atoms with Gasteiger partial charge in [0.25, 0.3) is 0 Å². The molecule has 0 spiro atoms. The largest absolute Gasteiger partial charge is 0.454 e. The van der Waals surface area contributed by atoms with Crippen molar-refractivity contribution in [2.75, 3.05) is 0 Å². The number of ketones is 2. The predicted molar refractivity (Wildman–Crippen MR) is 101 cm³/mol. The summed E-state index contributed by atoms with van der Waals surface area (Å²) in [6.07, 6.45) is 3.04. The molecule has 3 aliphatic rings. The zero-order valence-electron chi connectivity index (χ0n) is 16.7. The van der Waals surface area contributed by atoms with Crippen LogP contribution in [0.1, 0.15) is 47.0 Å². The molecular formula is C22H26O6. The number of hydrogen-bond acceptors (Lipinski definition) is 6. The number of esters is 2. The quantitative estimate of drug-likeness (QED) is 0.536. The van der Waals surface area contributed by atoms with Crippen LogP contribution >= 0.6 is 0 Å². The van der Waals surface area contributed by atoms with Gasteiger partial charge in [-0.05, 0) is 50.8 Å². The van der Waals surface area contributed by atoms with Gasteiger partial charge in [-0.3, -0.25) is 14.4 Å². The van der Waals surface area contributed by atoms with Crippen LogP contribution in [-0.4, -0.2) is 35.7 Å². The maximum atomic E-state index is 13.0. The lowest BCUT2D eigenvalue weighted by Gasteiger charge is -2.26. The standard InChI is InChI=1S/C22H26O6/c1-11(2)15-7-6-14-9-18(28-21(14)26)22(5)10-16(22)17(24)8-12(3)19(25)20(15)27-13(4)23/h8-9,15-16,18,20H,1,6-7,10H2,2-5H3/b12-8+/t15-,16-,18+,20+,22+/m0/s1. The average molecular weight is 386 g/mol. The first-order chi connectivity index (χ1) is 13.0. The fourth-order valence-electron chi connectivity index (χ4n) is 4.18. The molecule has 0 aromatic carbocycles. The Bertz CT molecular complexity index is 832. The Hall–Kier alpha value is -2.50. The molecule has 0 aromatic heterocycles. The second-order valence-electron chi connectivity index (χ2n) is 8.40. The number of ether oxygens (including phenoxy) is 2. The van der Waals surface area contributed by atoms with Crippen molar-refractivity contribution in [1.29, 1.82) is 0 Å². The fraction of sp³-hybridized carbons (Fsp3) is 0.545. The molecule has 2 aliphatic carbocycles. The molecule has 1 aliphatic heterocycles. The molecule has 0 amide bonds. The fourth-order valence-corrected chi connectivity index (χ4v) is 4.18. The summed E-state index contributed by atoms with van der Waals surface area (Å²) in [6, 6.07) is 0. The van der Waals surface area contributed by atoms with Gasteiger partial charge < -0.3 is 9.47 Å². The highest BCUT2D eigenvalue weighted by molar-refractivity contribution is 6.06. The molecule has 28 heavy (non-hydrogen) atoms. The van der Waals surface area contributed by atoms with Gasteiger partial charge in [-0.15, -0.1) is 0 Å². The van der Waals surface area contributed by atoms with Crippen molar-refractivity contribution in [3.05, 3.63) is 35.5 Å². The first-order valence-corrected chi connectivity index (χ1v) is 9.55. The second kappa shape index (κ2) is 7.15. The molecule has 0 N–H and O–H groups in total. The van der Waals surface area contributed by atoms with E-state index in [0.29, 0.717) is 30.4 Å². The first kappa shape index (κ1) is 20.2. The van der Waals surface area contributed by atoms with Crippen molar-refractivity contribution in [1.82, 2.24) is 0 Å². The van der Waals surface area contributed by atoms with E-state index in [1.807, 2.05) is 13.0 Å². The summed E-state index contributed by atoms with van der Waals surface area (Å²) in [7, 11) is 0. The van der Waals surface area contributed by atoms with Crippen LogP contribution in [0.5, 0.6) is 0 Å². The lowest BCUT2D eigenvalue weighted by molar-refractivity contribution is -0.154. The normalized spacial score (nSPS) is 37.2. The van der Waals surface area contributed by atoms with Gasteiger partial charge >= 0.3 is 11.9 Å². The molecule has 5 atom stereocenters. The van der Waals surface area contributed by atoms with Crippen LogP contribution in [0.3, 0.4) is 0 Å². The van der Waals surface area contributed by atoms with Gasteiger partial charge in [-0.25, -0.2) is 4.79 Å². The summed E-state index contributed by atoms with van der Waals surface area (Å²) in [4.78, 5) is 49.7. The summed E-state index contributed by atoms with van der Waals surface area (Å²) < 4.78 is 10.9. The van der Waals surface area contributed by atoms with E-state index in [0.717, 1.165) is 0 Å². The van der Waals surface area contributed by atoms with Gasteiger partial charge in [0.1, 0.15) is 6.10 Å². The SMILES string of the molecule is C=C(C)[C@@H]1CCC2=C[C@@H](OC2=O)[C@]2(C)C[C@H]2C(=O)/C=C(\C)C(=O)[C@@H]1OC(C)=O. The van der Waals surface area contributed by atoms with Crippen LogP contribution in [-0.2, 0) is 28.7 Å². The Morgan fingerprint density at radius 3 is 2.57 bits per heavy atom. The van der Waals surface area contributed by atoms with Crippen LogP contribution in [0.15, 0.2) is 35.5 Å². The Morgan fingerprint density at radius 1 is 1.29 bits per heavy atom. The van der Waals surface area contributed by atoms with Gasteiger partial charge in [-0.2, -0.15) is 0 Å². The Morgan fingerprint density at radius 2 is 1.96 bits per heavy atom. The Labute approximate surface area is 164 Å². The van der Waals surface area contributed by atoms with Crippen molar-refractivity contribution >= 4 is 23.5 Å². The Kier molecular flexibility index (Phi) is 5.17. The summed E-state index contributed by atoms with van der Waals surface area (Å²) >= 11 is 0.